The number of aryl methyl sites for hydroxylation is 1. The van der Waals surface area contributed by atoms with Gasteiger partial charge < -0.3 is 5.32 Å². The summed E-state index contributed by atoms with van der Waals surface area (Å²) in [4.78, 5) is 12.5. The lowest BCUT2D eigenvalue weighted by molar-refractivity contribution is 0.0990. The Bertz CT molecular complexity index is 853. The monoisotopic (exact) mass is 372 g/mol. The molecule has 0 radical (unpaired) electrons. The smallest absolute Gasteiger partial charge is 0.243 e. The molecule has 1 aliphatic rings. The number of rotatable bonds is 7. The van der Waals surface area contributed by atoms with Crippen molar-refractivity contribution in [2.75, 3.05) is 19.6 Å². The molecule has 1 heterocycles. The third-order valence-corrected chi connectivity index (χ3v) is 6.53. The number of carbonyl (C=O) groups excluding carboxylic acids is 1. The van der Waals surface area contributed by atoms with E-state index in [2.05, 4.69) is 5.32 Å². The Labute approximate surface area is 155 Å². The maximum Gasteiger partial charge on any atom is 0.243 e. The van der Waals surface area contributed by atoms with Crippen LogP contribution in [0.1, 0.15) is 34.3 Å². The molecule has 138 valence electrons. The largest absolute Gasteiger partial charge is 0.306 e. The van der Waals surface area contributed by atoms with Crippen LogP contribution >= 0.6 is 0 Å². The van der Waals surface area contributed by atoms with Gasteiger partial charge in [0, 0.05) is 25.2 Å². The highest BCUT2D eigenvalue weighted by molar-refractivity contribution is 7.89. The summed E-state index contributed by atoms with van der Waals surface area (Å²) in [6.45, 7) is 4.02. The average molecular weight is 372 g/mol. The zero-order valence-corrected chi connectivity index (χ0v) is 15.8. The number of sulfonamides is 1. The van der Waals surface area contributed by atoms with Gasteiger partial charge in [0.1, 0.15) is 0 Å². The van der Waals surface area contributed by atoms with Gasteiger partial charge in [-0.1, -0.05) is 42.0 Å². The molecular formula is C20H24N2O3S. The van der Waals surface area contributed by atoms with E-state index in [1.807, 2.05) is 31.2 Å². The number of Topliss-reactive ketones (excluding diaryl/α,β-unsaturated/α-hetero) is 1. The molecule has 0 aromatic heterocycles. The lowest BCUT2D eigenvalue weighted by atomic mass is 10.1. The minimum Gasteiger partial charge on any atom is -0.306 e. The summed E-state index contributed by atoms with van der Waals surface area (Å²) >= 11 is 0. The molecule has 1 fully saturated rings. The quantitative estimate of drug-likeness (QED) is 0.759. The van der Waals surface area contributed by atoms with Crippen LogP contribution in [-0.4, -0.2) is 38.1 Å². The Balaban J connectivity index is 1.57. The van der Waals surface area contributed by atoms with Gasteiger partial charge in [-0.2, -0.15) is 4.31 Å². The highest BCUT2D eigenvalue weighted by Gasteiger charge is 2.27. The Morgan fingerprint density at radius 1 is 1.00 bits per heavy atom. The summed E-state index contributed by atoms with van der Waals surface area (Å²) < 4.78 is 26.5. The van der Waals surface area contributed by atoms with Crippen LogP contribution < -0.4 is 5.32 Å². The fourth-order valence-electron chi connectivity index (χ4n) is 3.02. The summed E-state index contributed by atoms with van der Waals surface area (Å²) in [5.41, 5.74) is 2.84. The zero-order valence-electron chi connectivity index (χ0n) is 14.9. The molecule has 26 heavy (non-hydrogen) atoms. The summed E-state index contributed by atoms with van der Waals surface area (Å²) in [7, 11) is -3.43. The van der Waals surface area contributed by atoms with E-state index in [-0.39, 0.29) is 17.2 Å². The second kappa shape index (κ2) is 8.12. The number of nitrogens with zero attached hydrogens (tertiary/aromatic N) is 1. The first-order valence-corrected chi connectivity index (χ1v) is 10.3. The summed E-state index contributed by atoms with van der Waals surface area (Å²) in [6.07, 6.45) is 1.81. The van der Waals surface area contributed by atoms with Gasteiger partial charge in [0.05, 0.1) is 11.4 Å². The van der Waals surface area contributed by atoms with E-state index >= 15 is 0 Å². The van der Waals surface area contributed by atoms with Crippen molar-refractivity contribution < 1.29 is 13.2 Å². The van der Waals surface area contributed by atoms with Crippen LogP contribution in [0, 0.1) is 6.92 Å². The Morgan fingerprint density at radius 2 is 1.62 bits per heavy atom. The molecule has 2 aromatic rings. The topological polar surface area (TPSA) is 66.5 Å². The molecule has 1 aliphatic heterocycles. The van der Waals surface area contributed by atoms with Crippen molar-refractivity contribution in [1.82, 2.24) is 9.62 Å². The standard InChI is InChI=1S/C20H24N2O3S/c1-16-4-6-17(7-5-16)14-21-15-20(23)18-8-10-19(11-9-18)26(24,25)22-12-2-3-13-22/h4-11,21H,2-3,12-15H2,1H3. The number of benzene rings is 2. The Kier molecular flexibility index (Phi) is 5.86. The maximum atomic E-state index is 12.5. The van der Waals surface area contributed by atoms with Crippen molar-refractivity contribution in [3.63, 3.8) is 0 Å². The second-order valence-corrected chi connectivity index (χ2v) is 8.59. The van der Waals surface area contributed by atoms with Gasteiger partial charge >= 0.3 is 0 Å². The van der Waals surface area contributed by atoms with Crippen molar-refractivity contribution in [3.8, 4) is 0 Å². The molecule has 0 amide bonds. The SMILES string of the molecule is Cc1ccc(CNCC(=O)c2ccc(S(=O)(=O)N3CCCC3)cc2)cc1. The average Bonchev–Trinajstić information content (AvgIpc) is 3.19. The van der Waals surface area contributed by atoms with Crippen LogP contribution in [0.5, 0.6) is 0 Å². The number of ketones is 1. The Hall–Kier alpha value is -2.02. The third-order valence-electron chi connectivity index (χ3n) is 4.61. The normalized spacial score (nSPS) is 15.3. The lowest BCUT2D eigenvalue weighted by Crippen LogP contribution is -2.28. The van der Waals surface area contributed by atoms with Crippen molar-refractivity contribution in [1.29, 1.82) is 0 Å². The van der Waals surface area contributed by atoms with Gasteiger partial charge in [-0.15, -0.1) is 0 Å². The van der Waals surface area contributed by atoms with E-state index in [9.17, 15) is 13.2 Å². The molecule has 0 spiro atoms. The molecule has 6 heteroatoms. The van der Waals surface area contributed by atoms with E-state index in [0.29, 0.717) is 25.2 Å². The van der Waals surface area contributed by atoms with Crippen molar-refractivity contribution >= 4 is 15.8 Å². The first-order chi connectivity index (χ1) is 12.5. The maximum absolute atomic E-state index is 12.5. The van der Waals surface area contributed by atoms with Crippen LogP contribution in [-0.2, 0) is 16.6 Å². The van der Waals surface area contributed by atoms with Gasteiger partial charge in [0.2, 0.25) is 10.0 Å². The molecule has 3 rings (SSSR count). The molecular weight excluding hydrogens is 348 g/mol. The number of carbonyl (C=O) groups is 1. The Morgan fingerprint density at radius 3 is 2.23 bits per heavy atom. The minimum absolute atomic E-state index is 0.0535. The van der Waals surface area contributed by atoms with Crippen molar-refractivity contribution in [2.45, 2.75) is 31.2 Å². The van der Waals surface area contributed by atoms with Crippen LogP contribution in [0.3, 0.4) is 0 Å². The molecule has 5 nitrogen and oxygen atoms in total. The first-order valence-electron chi connectivity index (χ1n) is 8.86. The van der Waals surface area contributed by atoms with E-state index in [0.717, 1.165) is 18.4 Å². The highest BCUT2D eigenvalue weighted by atomic mass is 32.2. The minimum atomic E-state index is -3.43. The molecule has 1 N–H and O–H groups in total. The van der Waals surface area contributed by atoms with E-state index in [1.165, 1.54) is 22.0 Å². The fraction of sp³-hybridized carbons (Fsp3) is 0.350. The molecule has 0 atom stereocenters. The van der Waals surface area contributed by atoms with Crippen LogP contribution in [0.2, 0.25) is 0 Å². The molecule has 2 aromatic carbocycles. The second-order valence-electron chi connectivity index (χ2n) is 6.65. The number of nitrogens with one attached hydrogen (secondary N) is 1. The lowest BCUT2D eigenvalue weighted by Gasteiger charge is -2.15. The van der Waals surface area contributed by atoms with Crippen LogP contribution in [0.4, 0.5) is 0 Å². The van der Waals surface area contributed by atoms with Crippen LogP contribution in [0.15, 0.2) is 53.4 Å². The van der Waals surface area contributed by atoms with Crippen molar-refractivity contribution in [3.05, 3.63) is 65.2 Å². The van der Waals surface area contributed by atoms with Gasteiger partial charge in [-0.3, -0.25) is 4.79 Å². The zero-order chi connectivity index (χ0) is 18.6. The van der Waals surface area contributed by atoms with Gasteiger partial charge in [0.25, 0.3) is 0 Å². The summed E-state index contributed by atoms with van der Waals surface area (Å²) in [5.74, 6) is -0.0535. The first kappa shape index (κ1) is 18.8. The van der Waals surface area contributed by atoms with Crippen LogP contribution in [0.25, 0.3) is 0 Å². The van der Waals surface area contributed by atoms with E-state index < -0.39 is 10.0 Å². The van der Waals surface area contributed by atoms with Gasteiger partial charge in [-0.25, -0.2) is 8.42 Å². The van der Waals surface area contributed by atoms with E-state index in [1.54, 1.807) is 12.1 Å². The molecule has 1 saturated heterocycles. The highest BCUT2D eigenvalue weighted by Crippen LogP contribution is 2.21. The number of hydrogen-bond donors (Lipinski definition) is 1. The van der Waals surface area contributed by atoms with Crippen molar-refractivity contribution in [2.24, 2.45) is 0 Å². The molecule has 0 aliphatic carbocycles. The van der Waals surface area contributed by atoms with E-state index in [4.69, 9.17) is 0 Å². The predicted octanol–water partition coefficient (Wildman–Crippen LogP) is 2.75. The van der Waals surface area contributed by atoms with Gasteiger partial charge in [0.15, 0.2) is 5.78 Å². The number of hydrogen-bond acceptors (Lipinski definition) is 4. The third kappa shape index (κ3) is 4.38. The summed E-state index contributed by atoms with van der Waals surface area (Å²) in [5, 5.41) is 3.13. The summed E-state index contributed by atoms with van der Waals surface area (Å²) in [6, 6.07) is 14.4. The molecule has 0 unspecified atom stereocenters. The molecule has 0 bridgehead atoms. The predicted molar refractivity (Wildman–Crippen MR) is 102 cm³/mol. The van der Waals surface area contributed by atoms with Gasteiger partial charge in [-0.05, 0) is 37.5 Å². The molecule has 0 saturated carbocycles. The fourth-order valence-corrected chi connectivity index (χ4v) is 4.54.